The van der Waals surface area contributed by atoms with Crippen molar-refractivity contribution < 1.29 is 9.47 Å². The highest BCUT2D eigenvalue weighted by Crippen LogP contribution is 2.14. The number of likely N-dealkylation sites (tertiary alicyclic amines) is 1. The van der Waals surface area contributed by atoms with Crippen molar-refractivity contribution in [3.05, 3.63) is 0 Å². The first kappa shape index (κ1) is 24.9. The number of hydrogen-bond acceptors (Lipinski definition) is 4. The maximum Gasteiger partial charge on any atom is 0.191 e. The number of nitrogens with one attached hydrogen (secondary N) is 2. The Kier molecular flexibility index (Phi) is 14.5. The lowest BCUT2D eigenvalue weighted by atomic mass is 10.0. The minimum absolute atomic E-state index is 0. The summed E-state index contributed by atoms with van der Waals surface area (Å²) in [7, 11) is 0. The number of nitrogens with zero attached hydrogens (tertiary/aromatic N) is 2. The minimum atomic E-state index is 0. The van der Waals surface area contributed by atoms with E-state index in [2.05, 4.69) is 29.4 Å². The zero-order chi connectivity index (χ0) is 18.5. The van der Waals surface area contributed by atoms with Crippen LogP contribution in [-0.4, -0.2) is 76.1 Å². The molecule has 2 aliphatic heterocycles. The van der Waals surface area contributed by atoms with E-state index in [1.807, 2.05) is 0 Å². The van der Waals surface area contributed by atoms with Gasteiger partial charge in [0.25, 0.3) is 0 Å². The van der Waals surface area contributed by atoms with Gasteiger partial charge in [0.2, 0.25) is 0 Å². The number of halogens is 1. The lowest BCUT2D eigenvalue weighted by Crippen LogP contribution is -2.48. The summed E-state index contributed by atoms with van der Waals surface area (Å²) < 4.78 is 11.2. The number of hydrogen-bond donors (Lipinski definition) is 2. The third-order valence-corrected chi connectivity index (χ3v) is 5.22. The van der Waals surface area contributed by atoms with Crippen molar-refractivity contribution in [2.24, 2.45) is 10.9 Å². The Morgan fingerprint density at radius 3 is 2.56 bits per heavy atom. The van der Waals surface area contributed by atoms with Gasteiger partial charge in [-0.15, -0.1) is 24.0 Å². The number of guanidine groups is 1. The van der Waals surface area contributed by atoms with E-state index in [0.717, 1.165) is 64.7 Å². The fourth-order valence-electron chi connectivity index (χ4n) is 3.65. The van der Waals surface area contributed by atoms with E-state index in [-0.39, 0.29) is 24.0 Å². The Bertz CT molecular complexity index is 384. The number of piperidine rings is 1. The molecule has 27 heavy (non-hydrogen) atoms. The van der Waals surface area contributed by atoms with Gasteiger partial charge >= 0.3 is 0 Å². The van der Waals surface area contributed by atoms with E-state index < -0.39 is 0 Å². The first-order chi connectivity index (χ1) is 12.8. The molecule has 0 spiro atoms. The molecule has 0 atom stereocenters. The Morgan fingerprint density at radius 2 is 1.89 bits per heavy atom. The molecule has 6 nitrogen and oxygen atoms in total. The molecule has 2 N–H and O–H groups in total. The molecule has 160 valence electrons. The molecule has 0 amide bonds. The second-order valence-electron chi connectivity index (χ2n) is 7.51. The van der Waals surface area contributed by atoms with Crippen LogP contribution >= 0.6 is 24.0 Å². The number of rotatable bonds is 10. The highest BCUT2D eigenvalue weighted by molar-refractivity contribution is 14.0. The molecule has 2 saturated heterocycles. The van der Waals surface area contributed by atoms with Crippen molar-refractivity contribution >= 4 is 29.9 Å². The van der Waals surface area contributed by atoms with Crippen molar-refractivity contribution in [2.45, 2.75) is 58.4 Å². The molecule has 0 unspecified atom stereocenters. The fourth-order valence-corrected chi connectivity index (χ4v) is 3.65. The first-order valence-electron chi connectivity index (χ1n) is 10.7. The average Bonchev–Trinajstić information content (AvgIpc) is 2.67. The fraction of sp³-hybridized carbons (Fsp3) is 0.950. The molecule has 0 aromatic carbocycles. The topological polar surface area (TPSA) is 58.1 Å². The quantitative estimate of drug-likeness (QED) is 0.211. The van der Waals surface area contributed by atoms with Gasteiger partial charge < -0.3 is 25.0 Å². The molecular weight excluding hydrogens is 455 g/mol. The number of aliphatic imine (C=N–C) groups is 1. The summed E-state index contributed by atoms with van der Waals surface area (Å²) >= 11 is 0. The highest BCUT2D eigenvalue weighted by atomic mass is 127. The van der Waals surface area contributed by atoms with Gasteiger partial charge in [-0.25, -0.2) is 0 Å². The molecule has 0 aromatic heterocycles. The molecule has 0 bridgehead atoms. The summed E-state index contributed by atoms with van der Waals surface area (Å²) in [6.45, 7) is 13.2. The van der Waals surface area contributed by atoms with E-state index >= 15 is 0 Å². The largest absolute Gasteiger partial charge is 0.381 e. The maximum absolute atomic E-state index is 5.83. The van der Waals surface area contributed by atoms with E-state index in [0.29, 0.717) is 12.0 Å². The van der Waals surface area contributed by atoms with E-state index in [1.165, 1.54) is 38.9 Å². The molecular formula is C20H41IN4O2. The van der Waals surface area contributed by atoms with Crippen LogP contribution in [0.2, 0.25) is 0 Å². The van der Waals surface area contributed by atoms with Crippen LogP contribution < -0.4 is 10.6 Å². The van der Waals surface area contributed by atoms with Crippen LogP contribution in [0, 0.1) is 5.92 Å². The molecule has 7 heteroatoms. The molecule has 0 aliphatic carbocycles. The third kappa shape index (κ3) is 10.9. The van der Waals surface area contributed by atoms with E-state index in [4.69, 9.17) is 14.5 Å². The molecule has 2 aliphatic rings. The van der Waals surface area contributed by atoms with Crippen molar-refractivity contribution in [1.29, 1.82) is 0 Å². The van der Waals surface area contributed by atoms with Crippen molar-refractivity contribution in [1.82, 2.24) is 15.5 Å². The third-order valence-electron chi connectivity index (χ3n) is 5.22. The average molecular weight is 496 g/mol. The first-order valence-corrected chi connectivity index (χ1v) is 10.7. The number of ether oxygens (including phenoxy) is 2. The Balaban J connectivity index is 0.00000364. The van der Waals surface area contributed by atoms with Gasteiger partial charge in [0.1, 0.15) is 0 Å². The van der Waals surface area contributed by atoms with Crippen molar-refractivity contribution in [3.63, 3.8) is 0 Å². The van der Waals surface area contributed by atoms with Gasteiger partial charge in [0.05, 0.1) is 0 Å². The molecule has 0 radical (unpaired) electrons. The lowest BCUT2D eigenvalue weighted by molar-refractivity contribution is 0.0205. The maximum atomic E-state index is 5.83. The lowest BCUT2D eigenvalue weighted by Gasteiger charge is -2.32. The van der Waals surface area contributed by atoms with E-state index in [1.54, 1.807) is 0 Å². The van der Waals surface area contributed by atoms with E-state index in [9.17, 15) is 0 Å². The van der Waals surface area contributed by atoms with Gasteiger partial charge in [-0.2, -0.15) is 0 Å². The van der Waals surface area contributed by atoms with Gasteiger partial charge in [-0.1, -0.05) is 6.92 Å². The Labute approximate surface area is 183 Å². The summed E-state index contributed by atoms with van der Waals surface area (Å²) in [4.78, 5) is 7.30. The second kappa shape index (κ2) is 15.8. The Morgan fingerprint density at radius 1 is 1.15 bits per heavy atom. The standard InChI is InChI=1S/C20H40N4O2.HI/c1-3-11-24-12-6-19(7-13-24)23-20(21-4-2)22-10-5-14-26-17-18-8-15-25-16-9-18;/h18-19H,3-17H2,1-2H3,(H2,21,22,23);1H. The van der Waals surface area contributed by atoms with Crippen LogP contribution in [0.5, 0.6) is 0 Å². The predicted octanol–water partition coefficient (Wildman–Crippen LogP) is 2.87. The normalized spacial score (nSPS) is 20.3. The smallest absolute Gasteiger partial charge is 0.191 e. The van der Waals surface area contributed by atoms with Gasteiger partial charge in [0, 0.05) is 58.6 Å². The minimum Gasteiger partial charge on any atom is -0.381 e. The monoisotopic (exact) mass is 496 g/mol. The molecule has 0 saturated carbocycles. The van der Waals surface area contributed by atoms with Crippen LogP contribution in [-0.2, 0) is 9.47 Å². The molecule has 2 heterocycles. The zero-order valence-corrected chi connectivity index (χ0v) is 19.7. The molecule has 2 fully saturated rings. The highest BCUT2D eigenvalue weighted by Gasteiger charge is 2.19. The van der Waals surface area contributed by atoms with Crippen molar-refractivity contribution in [3.8, 4) is 0 Å². The molecule has 2 rings (SSSR count). The second-order valence-corrected chi connectivity index (χ2v) is 7.51. The summed E-state index contributed by atoms with van der Waals surface area (Å²) in [5, 5.41) is 7.00. The SMILES string of the molecule is CCCN1CCC(NC(=NCCCOCC2CCOCC2)NCC)CC1.I. The van der Waals surface area contributed by atoms with Crippen LogP contribution in [0.3, 0.4) is 0 Å². The van der Waals surface area contributed by atoms with Crippen LogP contribution in [0.25, 0.3) is 0 Å². The van der Waals surface area contributed by atoms with Gasteiger partial charge in [0.15, 0.2) is 5.96 Å². The Hall–Kier alpha value is -0.120. The summed E-state index contributed by atoms with van der Waals surface area (Å²) in [6.07, 6.45) is 6.93. The zero-order valence-electron chi connectivity index (χ0n) is 17.4. The molecule has 0 aromatic rings. The summed E-state index contributed by atoms with van der Waals surface area (Å²) in [5.41, 5.74) is 0. The summed E-state index contributed by atoms with van der Waals surface area (Å²) in [6, 6.07) is 0.547. The summed E-state index contributed by atoms with van der Waals surface area (Å²) in [5.74, 6) is 1.65. The van der Waals surface area contributed by atoms with Crippen molar-refractivity contribution in [2.75, 3.05) is 59.2 Å². The van der Waals surface area contributed by atoms with Gasteiger partial charge in [-0.05, 0) is 57.9 Å². The predicted molar refractivity (Wildman–Crippen MR) is 123 cm³/mol. The van der Waals surface area contributed by atoms with Crippen LogP contribution in [0.15, 0.2) is 4.99 Å². The van der Waals surface area contributed by atoms with Gasteiger partial charge in [-0.3, -0.25) is 4.99 Å². The van der Waals surface area contributed by atoms with Crippen LogP contribution in [0.4, 0.5) is 0 Å². The van der Waals surface area contributed by atoms with Crippen LogP contribution in [0.1, 0.15) is 52.4 Å².